The summed E-state index contributed by atoms with van der Waals surface area (Å²) in [6.07, 6.45) is 3.97. The topological polar surface area (TPSA) is 16.1 Å². The molecule has 1 aromatic rings. The Balaban J connectivity index is 2.01. The van der Waals surface area contributed by atoms with Crippen molar-refractivity contribution in [2.75, 3.05) is 18.0 Å². The zero-order valence-electron chi connectivity index (χ0n) is 9.12. The number of nitrogens with zero attached hydrogens (tertiary/aromatic N) is 2. The number of rotatable bonds is 3. The molecule has 0 radical (unpaired) electrons. The third-order valence-corrected chi connectivity index (χ3v) is 3.45. The molecule has 1 unspecified atom stereocenters. The standard InChI is InChI=1S/C12H17BrN2/c1-2-4-10-7-8-15(9-10)12-6-3-5-11(13)14-12/h3,5-6,10H,2,4,7-9H2,1H3. The summed E-state index contributed by atoms with van der Waals surface area (Å²) in [7, 11) is 0. The van der Waals surface area contributed by atoms with Gasteiger partial charge in [-0.1, -0.05) is 19.4 Å². The van der Waals surface area contributed by atoms with Gasteiger partial charge in [-0.2, -0.15) is 0 Å². The van der Waals surface area contributed by atoms with Gasteiger partial charge in [0.05, 0.1) is 0 Å². The maximum atomic E-state index is 4.49. The van der Waals surface area contributed by atoms with Gasteiger partial charge in [-0.05, 0) is 46.8 Å². The summed E-state index contributed by atoms with van der Waals surface area (Å²) in [5.74, 6) is 1.98. The maximum absolute atomic E-state index is 4.49. The van der Waals surface area contributed by atoms with E-state index in [4.69, 9.17) is 0 Å². The Morgan fingerprint density at radius 2 is 2.40 bits per heavy atom. The van der Waals surface area contributed by atoms with Gasteiger partial charge in [-0.25, -0.2) is 4.98 Å². The monoisotopic (exact) mass is 268 g/mol. The molecule has 0 bridgehead atoms. The van der Waals surface area contributed by atoms with E-state index in [0.717, 1.165) is 22.9 Å². The quantitative estimate of drug-likeness (QED) is 0.781. The lowest BCUT2D eigenvalue weighted by molar-refractivity contribution is 0.529. The molecule has 15 heavy (non-hydrogen) atoms. The van der Waals surface area contributed by atoms with Crippen molar-refractivity contribution in [1.82, 2.24) is 4.98 Å². The van der Waals surface area contributed by atoms with E-state index < -0.39 is 0 Å². The molecule has 0 N–H and O–H groups in total. The fourth-order valence-electron chi connectivity index (χ4n) is 2.26. The van der Waals surface area contributed by atoms with Gasteiger partial charge in [0.1, 0.15) is 10.4 Å². The molecule has 2 rings (SSSR count). The Kier molecular flexibility index (Phi) is 3.62. The first-order valence-electron chi connectivity index (χ1n) is 5.67. The minimum absolute atomic E-state index is 0.871. The second-order valence-corrected chi connectivity index (χ2v) is 5.02. The van der Waals surface area contributed by atoms with Gasteiger partial charge in [-0.3, -0.25) is 0 Å². The Labute approximate surface area is 99.8 Å². The van der Waals surface area contributed by atoms with Crippen LogP contribution in [-0.2, 0) is 0 Å². The summed E-state index contributed by atoms with van der Waals surface area (Å²) < 4.78 is 0.930. The molecule has 1 aliphatic rings. The Bertz CT molecular complexity index is 327. The van der Waals surface area contributed by atoms with E-state index in [0.29, 0.717) is 0 Å². The normalized spacial score (nSPS) is 20.9. The minimum Gasteiger partial charge on any atom is -0.356 e. The predicted molar refractivity (Wildman–Crippen MR) is 67.2 cm³/mol. The van der Waals surface area contributed by atoms with Gasteiger partial charge in [-0.15, -0.1) is 0 Å². The van der Waals surface area contributed by atoms with Crippen molar-refractivity contribution in [3.63, 3.8) is 0 Å². The zero-order chi connectivity index (χ0) is 10.7. The van der Waals surface area contributed by atoms with Crippen molar-refractivity contribution >= 4 is 21.7 Å². The van der Waals surface area contributed by atoms with E-state index >= 15 is 0 Å². The van der Waals surface area contributed by atoms with Crippen molar-refractivity contribution in [3.05, 3.63) is 22.8 Å². The van der Waals surface area contributed by atoms with Crippen LogP contribution in [0.3, 0.4) is 0 Å². The van der Waals surface area contributed by atoms with Crippen LogP contribution >= 0.6 is 15.9 Å². The summed E-state index contributed by atoms with van der Waals surface area (Å²) in [5.41, 5.74) is 0. The maximum Gasteiger partial charge on any atom is 0.129 e. The van der Waals surface area contributed by atoms with Gasteiger partial charge >= 0.3 is 0 Å². The number of hydrogen-bond acceptors (Lipinski definition) is 2. The largest absolute Gasteiger partial charge is 0.356 e. The number of pyridine rings is 1. The van der Waals surface area contributed by atoms with Crippen LogP contribution in [0, 0.1) is 5.92 Å². The van der Waals surface area contributed by atoms with Crippen LogP contribution in [0.25, 0.3) is 0 Å². The average Bonchev–Trinajstić information content (AvgIpc) is 2.67. The Morgan fingerprint density at radius 3 is 3.13 bits per heavy atom. The second-order valence-electron chi connectivity index (χ2n) is 4.21. The molecular weight excluding hydrogens is 252 g/mol. The number of anilines is 1. The molecule has 1 aromatic heterocycles. The minimum atomic E-state index is 0.871. The van der Waals surface area contributed by atoms with Crippen LogP contribution in [0.2, 0.25) is 0 Å². The van der Waals surface area contributed by atoms with Gasteiger partial charge in [0.25, 0.3) is 0 Å². The van der Waals surface area contributed by atoms with Crippen LogP contribution in [0.15, 0.2) is 22.8 Å². The SMILES string of the molecule is CCCC1CCN(c2cccc(Br)n2)C1. The van der Waals surface area contributed by atoms with Gasteiger partial charge in [0, 0.05) is 13.1 Å². The van der Waals surface area contributed by atoms with Crippen LogP contribution in [0.1, 0.15) is 26.2 Å². The average molecular weight is 269 g/mol. The van der Waals surface area contributed by atoms with Gasteiger partial charge in [0.15, 0.2) is 0 Å². The molecule has 3 heteroatoms. The molecule has 1 saturated heterocycles. The van der Waals surface area contributed by atoms with E-state index in [9.17, 15) is 0 Å². The van der Waals surface area contributed by atoms with Gasteiger partial charge < -0.3 is 4.90 Å². The third-order valence-electron chi connectivity index (χ3n) is 3.01. The van der Waals surface area contributed by atoms with E-state index in [1.54, 1.807) is 0 Å². The molecule has 1 atom stereocenters. The van der Waals surface area contributed by atoms with E-state index in [1.807, 2.05) is 6.07 Å². The fraction of sp³-hybridized carbons (Fsp3) is 0.583. The predicted octanol–water partition coefficient (Wildman–Crippen LogP) is 3.47. The van der Waals surface area contributed by atoms with Crippen molar-refractivity contribution in [2.45, 2.75) is 26.2 Å². The molecule has 1 aliphatic heterocycles. The molecule has 2 heterocycles. The first kappa shape index (κ1) is 10.9. The number of aromatic nitrogens is 1. The summed E-state index contributed by atoms with van der Waals surface area (Å²) >= 11 is 3.42. The van der Waals surface area contributed by atoms with Crippen LogP contribution in [0.4, 0.5) is 5.82 Å². The highest BCUT2D eigenvalue weighted by Crippen LogP contribution is 2.25. The molecule has 0 aromatic carbocycles. The fourth-order valence-corrected chi connectivity index (χ4v) is 2.59. The van der Waals surface area contributed by atoms with E-state index in [-0.39, 0.29) is 0 Å². The molecule has 0 saturated carbocycles. The third kappa shape index (κ3) is 2.71. The second kappa shape index (κ2) is 4.97. The van der Waals surface area contributed by atoms with Crippen molar-refractivity contribution < 1.29 is 0 Å². The highest BCUT2D eigenvalue weighted by Gasteiger charge is 2.22. The molecule has 2 nitrogen and oxygen atoms in total. The van der Waals surface area contributed by atoms with Crippen LogP contribution in [0.5, 0.6) is 0 Å². The summed E-state index contributed by atoms with van der Waals surface area (Å²) in [5, 5.41) is 0. The number of halogens is 1. The molecular formula is C12H17BrN2. The van der Waals surface area contributed by atoms with Crippen molar-refractivity contribution in [3.8, 4) is 0 Å². The smallest absolute Gasteiger partial charge is 0.129 e. The van der Waals surface area contributed by atoms with Crippen LogP contribution in [-0.4, -0.2) is 18.1 Å². The molecule has 0 spiro atoms. The molecule has 82 valence electrons. The van der Waals surface area contributed by atoms with E-state index in [2.05, 4.69) is 44.9 Å². The first-order chi connectivity index (χ1) is 7.29. The van der Waals surface area contributed by atoms with Crippen molar-refractivity contribution in [2.24, 2.45) is 5.92 Å². The molecule has 0 aliphatic carbocycles. The zero-order valence-corrected chi connectivity index (χ0v) is 10.7. The Morgan fingerprint density at radius 1 is 1.53 bits per heavy atom. The molecule has 0 amide bonds. The Hall–Kier alpha value is -0.570. The highest BCUT2D eigenvalue weighted by atomic mass is 79.9. The number of hydrogen-bond donors (Lipinski definition) is 0. The van der Waals surface area contributed by atoms with Crippen LogP contribution < -0.4 is 4.90 Å². The van der Waals surface area contributed by atoms with Crippen molar-refractivity contribution in [1.29, 1.82) is 0 Å². The first-order valence-corrected chi connectivity index (χ1v) is 6.46. The highest BCUT2D eigenvalue weighted by molar-refractivity contribution is 9.10. The van der Waals surface area contributed by atoms with E-state index in [1.165, 1.54) is 25.8 Å². The summed E-state index contributed by atoms with van der Waals surface area (Å²) in [6, 6.07) is 6.13. The van der Waals surface area contributed by atoms with Gasteiger partial charge in [0.2, 0.25) is 0 Å². The summed E-state index contributed by atoms with van der Waals surface area (Å²) in [4.78, 5) is 6.89. The summed E-state index contributed by atoms with van der Waals surface area (Å²) in [6.45, 7) is 4.60. The lowest BCUT2D eigenvalue weighted by Crippen LogP contribution is -2.20. The lowest BCUT2D eigenvalue weighted by Gasteiger charge is -2.17. The molecule has 1 fully saturated rings. The lowest BCUT2D eigenvalue weighted by atomic mass is 10.0.